The Kier molecular flexibility index (Phi) is 5.12. The molecule has 2 aromatic carbocycles. The van der Waals surface area contributed by atoms with Crippen molar-refractivity contribution >= 4 is 10.0 Å². The maximum Gasteiger partial charge on any atom is 0.240 e. The molecule has 0 aliphatic carbocycles. The van der Waals surface area contributed by atoms with E-state index in [1.807, 2.05) is 50.4 Å². The lowest BCUT2D eigenvalue weighted by molar-refractivity contribution is 0.581. The highest BCUT2D eigenvalue weighted by Gasteiger charge is 2.13. The van der Waals surface area contributed by atoms with Crippen LogP contribution in [-0.4, -0.2) is 15.5 Å². The minimum Gasteiger partial charge on any atom is -0.316 e. The number of nitrogens with one attached hydrogen (secondary N) is 2. The first kappa shape index (κ1) is 15.7. The van der Waals surface area contributed by atoms with Crippen LogP contribution in [0.15, 0.2) is 53.4 Å². The summed E-state index contributed by atoms with van der Waals surface area (Å²) in [5.74, 6) is 0. The third-order valence-electron chi connectivity index (χ3n) is 3.33. The van der Waals surface area contributed by atoms with Crippen molar-refractivity contribution in [3.63, 3.8) is 0 Å². The predicted octanol–water partition coefficient (Wildman–Crippen LogP) is 2.19. The molecule has 0 saturated carbocycles. The van der Waals surface area contributed by atoms with Crippen molar-refractivity contribution in [3.8, 4) is 0 Å². The van der Waals surface area contributed by atoms with Gasteiger partial charge in [0.05, 0.1) is 4.90 Å². The summed E-state index contributed by atoms with van der Waals surface area (Å²) in [6.45, 7) is 2.99. The molecule has 0 radical (unpaired) electrons. The topological polar surface area (TPSA) is 58.2 Å². The van der Waals surface area contributed by atoms with Gasteiger partial charge in [0.25, 0.3) is 0 Å². The van der Waals surface area contributed by atoms with Crippen LogP contribution < -0.4 is 10.0 Å². The molecule has 0 saturated heterocycles. The second kappa shape index (κ2) is 6.85. The third kappa shape index (κ3) is 4.14. The average Bonchev–Trinajstić information content (AvgIpc) is 2.47. The molecule has 2 rings (SSSR count). The standard InChI is InChI=1S/C16H20N2O2S/c1-13-5-3-4-6-15(13)12-18-21(19,20)16-9-7-14(8-10-16)11-17-2/h3-10,17-18H,11-12H2,1-2H3. The smallest absolute Gasteiger partial charge is 0.240 e. The molecule has 2 N–H and O–H groups in total. The zero-order valence-electron chi connectivity index (χ0n) is 12.3. The zero-order chi connectivity index (χ0) is 15.3. The first-order valence-electron chi connectivity index (χ1n) is 6.80. The van der Waals surface area contributed by atoms with Gasteiger partial charge < -0.3 is 5.32 Å². The van der Waals surface area contributed by atoms with E-state index in [1.54, 1.807) is 12.1 Å². The fourth-order valence-electron chi connectivity index (χ4n) is 2.06. The van der Waals surface area contributed by atoms with Gasteiger partial charge in [-0.05, 0) is 42.8 Å². The molecule has 2 aromatic rings. The Bertz CT molecular complexity index is 694. The van der Waals surface area contributed by atoms with Crippen molar-refractivity contribution in [3.05, 3.63) is 65.2 Å². The van der Waals surface area contributed by atoms with Gasteiger partial charge in [0, 0.05) is 13.1 Å². The van der Waals surface area contributed by atoms with E-state index in [1.165, 1.54) is 0 Å². The van der Waals surface area contributed by atoms with Crippen molar-refractivity contribution in [2.24, 2.45) is 0 Å². The molecule has 0 aromatic heterocycles. The molecule has 0 unspecified atom stereocenters. The van der Waals surface area contributed by atoms with Crippen LogP contribution >= 0.6 is 0 Å². The van der Waals surface area contributed by atoms with Gasteiger partial charge in [-0.1, -0.05) is 36.4 Å². The van der Waals surface area contributed by atoms with Crippen LogP contribution in [0.4, 0.5) is 0 Å². The van der Waals surface area contributed by atoms with Crippen molar-refractivity contribution in [1.29, 1.82) is 0 Å². The summed E-state index contributed by atoms with van der Waals surface area (Å²) in [4.78, 5) is 0.288. The van der Waals surface area contributed by atoms with Gasteiger partial charge in [0.15, 0.2) is 0 Å². The first-order chi connectivity index (χ1) is 10.0. The van der Waals surface area contributed by atoms with E-state index in [-0.39, 0.29) is 4.90 Å². The van der Waals surface area contributed by atoms with Crippen molar-refractivity contribution in [1.82, 2.24) is 10.0 Å². The van der Waals surface area contributed by atoms with Crippen molar-refractivity contribution in [2.75, 3.05) is 7.05 Å². The minimum absolute atomic E-state index is 0.288. The number of hydrogen-bond acceptors (Lipinski definition) is 3. The van der Waals surface area contributed by atoms with Gasteiger partial charge in [-0.15, -0.1) is 0 Å². The molecular weight excluding hydrogens is 284 g/mol. The van der Waals surface area contributed by atoms with Crippen LogP contribution in [0.3, 0.4) is 0 Å². The highest BCUT2D eigenvalue weighted by atomic mass is 32.2. The van der Waals surface area contributed by atoms with Gasteiger partial charge in [-0.3, -0.25) is 0 Å². The minimum atomic E-state index is -3.48. The van der Waals surface area contributed by atoms with E-state index in [9.17, 15) is 8.42 Å². The summed E-state index contributed by atoms with van der Waals surface area (Å²) in [7, 11) is -1.62. The number of rotatable bonds is 6. The Labute approximate surface area is 126 Å². The Balaban J connectivity index is 2.09. The quantitative estimate of drug-likeness (QED) is 0.860. The summed E-state index contributed by atoms with van der Waals surface area (Å²) in [5.41, 5.74) is 3.10. The summed E-state index contributed by atoms with van der Waals surface area (Å²) < 4.78 is 27.2. The van der Waals surface area contributed by atoms with Gasteiger partial charge in [0.1, 0.15) is 0 Å². The lowest BCUT2D eigenvalue weighted by Crippen LogP contribution is -2.23. The molecule has 21 heavy (non-hydrogen) atoms. The molecule has 4 nitrogen and oxygen atoms in total. The van der Waals surface area contributed by atoms with Crippen LogP contribution in [0.2, 0.25) is 0 Å². The number of sulfonamides is 1. The lowest BCUT2D eigenvalue weighted by Gasteiger charge is -2.09. The van der Waals surface area contributed by atoms with Gasteiger partial charge >= 0.3 is 0 Å². The molecule has 0 spiro atoms. The molecular formula is C16H20N2O2S. The number of aryl methyl sites for hydroxylation is 1. The molecule has 0 heterocycles. The second-order valence-electron chi connectivity index (χ2n) is 4.93. The van der Waals surface area contributed by atoms with Crippen LogP contribution in [0.25, 0.3) is 0 Å². The molecule has 0 amide bonds. The monoisotopic (exact) mass is 304 g/mol. The molecule has 112 valence electrons. The largest absolute Gasteiger partial charge is 0.316 e. The van der Waals surface area contributed by atoms with Gasteiger partial charge in [-0.25, -0.2) is 13.1 Å². The summed E-state index contributed by atoms with van der Waals surface area (Å²) in [5, 5.41) is 3.03. The van der Waals surface area contributed by atoms with E-state index >= 15 is 0 Å². The van der Waals surface area contributed by atoms with E-state index in [0.717, 1.165) is 23.2 Å². The maximum absolute atomic E-state index is 12.3. The van der Waals surface area contributed by atoms with E-state index in [4.69, 9.17) is 0 Å². The van der Waals surface area contributed by atoms with Gasteiger partial charge in [0.2, 0.25) is 10.0 Å². The average molecular weight is 304 g/mol. The SMILES string of the molecule is CNCc1ccc(S(=O)(=O)NCc2ccccc2C)cc1. The van der Waals surface area contributed by atoms with Crippen LogP contribution in [-0.2, 0) is 23.1 Å². The van der Waals surface area contributed by atoms with E-state index < -0.39 is 10.0 Å². The lowest BCUT2D eigenvalue weighted by atomic mass is 10.1. The van der Waals surface area contributed by atoms with E-state index in [0.29, 0.717) is 6.54 Å². The maximum atomic E-state index is 12.3. The second-order valence-corrected chi connectivity index (χ2v) is 6.69. The Hall–Kier alpha value is -1.69. The Morgan fingerprint density at radius 3 is 2.24 bits per heavy atom. The zero-order valence-corrected chi connectivity index (χ0v) is 13.1. The third-order valence-corrected chi connectivity index (χ3v) is 4.75. The summed E-state index contributed by atoms with van der Waals surface area (Å²) in [6.07, 6.45) is 0. The highest BCUT2D eigenvalue weighted by molar-refractivity contribution is 7.89. The molecule has 0 aliphatic heterocycles. The fraction of sp³-hybridized carbons (Fsp3) is 0.250. The summed E-state index contributed by atoms with van der Waals surface area (Å²) >= 11 is 0. The highest BCUT2D eigenvalue weighted by Crippen LogP contribution is 2.12. The fourth-order valence-corrected chi connectivity index (χ4v) is 3.06. The molecule has 0 fully saturated rings. The number of benzene rings is 2. The van der Waals surface area contributed by atoms with Crippen molar-refractivity contribution in [2.45, 2.75) is 24.9 Å². The predicted molar refractivity (Wildman–Crippen MR) is 84.4 cm³/mol. The van der Waals surface area contributed by atoms with Crippen LogP contribution in [0, 0.1) is 6.92 Å². The van der Waals surface area contributed by atoms with Gasteiger partial charge in [-0.2, -0.15) is 0 Å². The van der Waals surface area contributed by atoms with Crippen LogP contribution in [0.5, 0.6) is 0 Å². The Morgan fingerprint density at radius 2 is 1.62 bits per heavy atom. The molecule has 0 bridgehead atoms. The van der Waals surface area contributed by atoms with Crippen molar-refractivity contribution < 1.29 is 8.42 Å². The molecule has 0 aliphatic rings. The molecule has 0 atom stereocenters. The molecule has 5 heteroatoms. The number of hydrogen-bond donors (Lipinski definition) is 2. The summed E-state index contributed by atoms with van der Waals surface area (Å²) in [6, 6.07) is 14.6. The first-order valence-corrected chi connectivity index (χ1v) is 8.29. The van der Waals surface area contributed by atoms with Crippen LogP contribution in [0.1, 0.15) is 16.7 Å². The van der Waals surface area contributed by atoms with E-state index in [2.05, 4.69) is 10.0 Å². The Morgan fingerprint density at radius 1 is 0.952 bits per heavy atom. The normalized spacial score (nSPS) is 11.5.